The molecule has 11 heteroatoms. The molecule has 0 aromatic heterocycles. The van der Waals surface area contributed by atoms with Gasteiger partial charge in [0.1, 0.15) is 30.3 Å². The molecule has 0 spiro atoms. The summed E-state index contributed by atoms with van der Waals surface area (Å²) in [5.74, 6) is -1.86. The summed E-state index contributed by atoms with van der Waals surface area (Å²) in [7, 11) is 0. The highest BCUT2D eigenvalue weighted by molar-refractivity contribution is 6.31. The lowest BCUT2D eigenvalue weighted by Gasteiger charge is -2.29. The van der Waals surface area contributed by atoms with Crippen LogP contribution >= 0.6 is 23.2 Å². The zero-order valence-corrected chi connectivity index (χ0v) is 17.9. The van der Waals surface area contributed by atoms with Gasteiger partial charge in [0.2, 0.25) is 0 Å². The molecule has 0 radical (unpaired) electrons. The second-order valence-electron chi connectivity index (χ2n) is 7.48. The van der Waals surface area contributed by atoms with Crippen molar-refractivity contribution in [2.24, 2.45) is 0 Å². The van der Waals surface area contributed by atoms with Crippen LogP contribution in [0.5, 0.6) is 0 Å². The molecule has 1 aromatic carbocycles. The van der Waals surface area contributed by atoms with Crippen LogP contribution in [-0.2, 0) is 41.3 Å². The lowest BCUT2D eigenvalue weighted by Crippen LogP contribution is -2.43. The van der Waals surface area contributed by atoms with Crippen molar-refractivity contribution < 1.29 is 41.7 Å². The first-order valence-electron chi connectivity index (χ1n) is 9.15. The van der Waals surface area contributed by atoms with E-state index in [0.717, 1.165) is 12.1 Å². The summed E-state index contributed by atoms with van der Waals surface area (Å²) in [4.78, 5) is 11.5. The van der Waals surface area contributed by atoms with Crippen LogP contribution < -0.4 is 0 Å². The van der Waals surface area contributed by atoms with Crippen molar-refractivity contribution in [1.82, 2.24) is 0 Å². The number of esters is 1. The van der Waals surface area contributed by atoms with Crippen molar-refractivity contribution in [3.05, 3.63) is 34.3 Å². The molecule has 0 N–H and O–H groups in total. The molecule has 2 saturated heterocycles. The second kappa shape index (κ2) is 8.80. The number of carbonyl (C=O) groups excluding carboxylic acids is 1. The maximum atomic E-state index is 12.8. The largest absolute Gasteiger partial charge is 0.459 e. The molecule has 5 atom stereocenters. The van der Waals surface area contributed by atoms with Crippen molar-refractivity contribution in [3.63, 3.8) is 0 Å². The SMILES string of the molecule is C[C@@H](OC(=O)CCl)[C@H]1O[C@@H]2OC(C)(C)O[C@@H]2[C@H]1OCc1ccc(C(F)(F)F)cc1Cl. The van der Waals surface area contributed by atoms with E-state index < -0.39 is 54.2 Å². The zero-order valence-electron chi connectivity index (χ0n) is 16.4. The van der Waals surface area contributed by atoms with Gasteiger partial charge in [-0.25, -0.2) is 0 Å². The minimum Gasteiger partial charge on any atom is -0.459 e. The molecule has 1 aromatic rings. The normalized spacial score (nSPS) is 28.9. The van der Waals surface area contributed by atoms with Crippen molar-refractivity contribution in [2.75, 3.05) is 5.88 Å². The number of alkyl halides is 4. The Morgan fingerprint density at radius 1 is 1.30 bits per heavy atom. The van der Waals surface area contributed by atoms with Crippen LogP contribution in [0.4, 0.5) is 13.2 Å². The van der Waals surface area contributed by atoms with Gasteiger partial charge in [-0.2, -0.15) is 13.2 Å². The average Bonchev–Trinajstić information content (AvgIpc) is 3.11. The van der Waals surface area contributed by atoms with Crippen molar-refractivity contribution in [2.45, 2.75) is 70.0 Å². The Labute approximate surface area is 181 Å². The standard InChI is InChI=1S/C19H21Cl2F3O6/c1-9(27-13(25)7-20)14-15(16-17(28-14)30-18(2,3)29-16)26-8-10-4-5-11(6-12(10)21)19(22,23)24/h4-6,9,14-17H,7-8H2,1-3H3/t9-,14-,15+,16-,17-/m1/s1. The van der Waals surface area contributed by atoms with Gasteiger partial charge in [-0.05, 0) is 38.5 Å². The van der Waals surface area contributed by atoms with E-state index in [0.29, 0.717) is 5.56 Å². The van der Waals surface area contributed by atoms with Gasteiger partial charge in [0, 0.05) is 5.02 Å². The van der Waals surface area contributed by atoms with E-state index in [1.54, 1.807) is 20.8 Å². The second-order valence-corrected chi connectivity index (χ2v) is 8.15. The molecule has 2 fully saturated rings. The Morgan fingerprint density at radius 3 is 2.60 bits per heavy atom. The number of benzene rings is 1. The van der Waals surface area contributed by atoms with Gasteiger partial charge in [0.15, 0.2) is 12.1 Å². The van der Waals surface area contributed by atoms with Crippen LogP contribution in [-0.4, -0.2) is 48.3 Å². The van der Waals surface area contributed by atoms with Crippen LogP contribution in [0.2, 0.25) is 5.02 Å². The predicted octanol–water partition coefficient (Wildman–Crippen LogP) is 4.29. The number of hydrogen-bond acceptors (Lipinski definition) is 6. The average molecular weight is 473 g/mol. The molecule has 168 valence electrons. The fourth-order valence-electron chi connectivity index (χ4n) is 3.40. The highest BCUT2D eigenvalue weighted by Crippen LogP contribution is 2.41. The van der Waals surface area contributed by atoms with Gasteiger partial charge in [0.25, 0.3) is 0 Å². The molecular formula is C19H21Cl2F3O6. The highest BCUT2D eigenvalue weighted by atomic mass is 35.5. The van der Waals surface area contributed by atoms with Crippen LogP contribution in [0.3, 0.4) is 0 Å². The van der Waals surface area contributed by atoms with E-state index in [2.05, 4.69) is 0 Å². The van der Waals surface area contributed by atoms with Gasteiger partial charge in [-0.3, -0.25) is 4.79 Å². The first-order chi connectivity index (χ1) is 13.9. The van der Waals surface area contributed by atoms with E-state index in [9.17, 15) is 18.0 Å². The summed E-state index contributed by atoms with van der Waals surface area (Å²) in [5, 5.41) is -0.0811. The Hall–Kier alpha value is -1.10. The Balaban J connectivity index is 1.75. The molecule has 0 saturated carbocycles. The van der Waals surface area contributed by atoms with Crippen LogP contribution in [0.1, 0.15) is 31.9 Å². The van der Waals surface area contributed by atoms with E-state index in [4.69, 9.17) is 46.9 Å². The minimum absolute atomic E-state index is 0.0811. The van der Waals surface area contributed by atoms with Crippen LogP contribution in [0.25, 0.3) is 0 Å². The third kappa shape index (κ3) is 5.20. The Bertz CT molecular complexity index is 788. The predicted molar refractivity (Wildman–Crippen MR) is 100 cm³/mol. The summed E-state index contributed by atoms with van der Waals surface area (Å²) in [5.41, 5.74) is -0.496. The highest BCUT2D eigenvalue weighted by Gasteiger charge is 2.57. The molecule has 2 aliphatic rings. The minimum atomic E-state index is -4.50. The van der Waals surface area contributed by atoms with Crippen molar-refractivity contribution in [1.29, 1.82) is 0 Å². The molecule has 30 heavy (non-hydrogen) atoms. The monoisotopic (exact) mass is 472 g/mol. The fourth-order valence-corrected chi connectivity index (χ4v) is 3.70. The van der Waals surface area contributed by atoms with Crippen molar-refractivity contribution >= 4 is 29.2 Å². The number of carbonyl (C=O) groups is 1. The molecule has 0 aliphatic carbocycles. The molecule has 0 amide bonds. The van der Waals surface area contributed by atoms with E-state index in [-0.39, 0.29) is 17.5 Å². The van der Waals surface area contributed by atoms with Gasteiger partial charge in [0.05, 0.1) is 12.2 Å². The van der Waals surface area contributed by atoms with Gasteiger partial charge >= 0.3 is 12.1 Å². The van der Waals surface area contributed by atoms with Gasteiger partial charge in [-0.15, -0.1) is 11.6 Å². The molecule has 0 bridgehead atoms. The number of fused-ring (bicyclic) bond motifs is 1. The van der Waals surface area contributed by atoms with Gasteiger partial charge in [-0.1, -0.05) is 17.7 Å². The fraction of sp³-hybridized carbons (Fsp3) is 0.632. The lowest BCUT2D eigenvalue weighted by atomic mass is 10.1. The summed E-state index contributed by atoms with van der Waals surface area (Å²) in [6, 6.07) is 3.02. The zero-order chi connectivity index (χ0) is 22.3. The quantitative estimate of drug-likeness (QED) is 0.454. The summed E-state index contributed by atoms with van der Waals surface area (Å²) >= 11 is 11.5. The summed E-state index contributed by atoms with van der Waals surface area (Å²) in [6.07, 6.45) is -8.08. The Kier molecular flexibility index (Phi) is 6.91. The van der Waals surface area contributed by atoms with E-state index in [1.165, 1.54) is 6.07 Å². The lowest BCUT2D eigenvalue weighted by molar-refractivity contribution is -0.231. The van der Waals surface area contributed by atoms with Gasteiger partial charge < -0.3 is 23.7 Å². The Morgan fingerprint density at radius 2 is 2.00 bits per heavy atom. The van der Waals surface area contributed by atoms with E-state index >= 15 is 0 Å². The molecule has 3 rings (SSSR count). The molecule has 0 unspecified atom stereocenters. The maximum absolute atomic E-state index is 12.8. The molecule has 6 nitrogen and oxygen atoms in total. The maximum Gasteiger partial charge on any atom is 0.416 e. The number of hydrogen-bond donors (Lipinski definition) is 0. The topological polar surface area (TPSA) is 63.2 Å². The smallest absolute Gasteiger partial charge is 0.416 e. The number of rotatable bonds is 6. The van der Waals surface area contributed by atoms with Crippen LogP contribution in [0, 0.1) is 0 Å². The number of ether oxygens (including phenoxy) is 5. The molecular weight excluding hydrogens is 452 g/mol. The van der Waals surface area contributed by atoms with Crippen LogP contribution in [0.15, 0.2) is 18.2 Å². The van der Waals surface area contributed by atoms with Crippen molar-refractivity contribution in [3.8, 4) is 0 Å². The van der Waals surface area contributed by atoms with E-state index in [1.807, 2.05) is 0 Å². The third-order valence-electron chi connectivity index (χ3n) is 4.73. The molecule has 2 heterocycles. The number of halogens is 5. The summed E-state index contributed by atoms with van der Waals surface area (Å²) in [6.45, 7) is 4.93. The first kappa shape index (κ1) is 23.6. The summed E-state index contributed by atoms with van der Waals surface area (Å²) < 4.78 is 67.1. The third-order valence-corrected chi connectivity index (χ3v) is 5.30. The first-order valence-corrected chi connectivity index (χ1v) is 10.1. The molecule has 2 aliphatic heterocycles.